The number of hydrogen-bond acceptors (Lipinski definition) is 3. The third-order valence-electron chi connectivity index (χ3n) is 5.42. The van der Waals surface area contributed by atoms with E-state index < -0.39 is 0 Å². The van der Waals surface area contributed by atoms with E-state index >= 15 is 0 Å². The summed E-state index contributed by atoms with van der Waals surface area (Å²) in [5, 5.41) is 9.89. The molecule has 2 aliphatic rings. The van der Waals surface area contributed by atoms with Crippen molar-refractivity contribution in [1.29, 1.82) is 0 Å². The van der Waals surface area contributed by atoms with Crippen LogP contribution in [0.15, 0.2) is 36.5 Å². The lowest BCUT2D eigenvalue weighted by Crippen LogP contribution is -2.64. The van der Waals surface area contributed by atoms with Crippen LogP contribution in [-0.4, -0.2) is 57.7 Å². The Kier molecular flexibility index (Phi) is 4.44. The number of likely N-dealkylation sites (tertiary alicyclic amines) is 2. The van der Waals surface area contributed by atoms with Crippen LogP contribution in [0.25, 0.3) is 11.3 Å². The number of anilines is 1. The number of rotatable bonds is 3. The van der Waals surface area contributed by atoms with Gasteiger partial charge in [-0.05, 0) is 50.1 Å². The van der Waals surface area contributed by atoms with Gasteiger partial charge in [-0.1, -0.05) is 18.6 Å². The van der Waals surface area contributed by atoms with Gasteiger partial charge in [0.05, 0.1) is 5.69 Å². The topological polar surface area (TPSA) is 64.3 Å². The summed E-state index contributed by atoms with van der Waals surface area (Å²) < 4.78 is 0. The molecule has 6 heteroatoms. The second-order valence-corrected chi connectivity index (χ2v) is 7.12. The maximum atomic E-state index is 12.4. The molecule has 25 heavy (non-hydrogen) atoms. The van der Waals surface area contributed by atoms with Crippen molar-refractivity contribution in [2.45, 2.75) is 38.3 Å². The highest BCUT2D eigenvalue weighted by Crippen LogP contribution is 2.25. The minimum Gasteiger partial charge on any atom is -0.321 e. The first-order valence-corrected chi connectivity index (χ1v) is 9.12. The van der Waals surface area contributed by atoms with Gasteiger partial charge in [0.25, 0.3) is 0 Å². The van der Waals surface area contributed by atoms with Gasteiger partial charge < -0.3 is 10.2 Å². The van der Waals surface area contributed by atoms with E-state index in [1.807, 2.05) is 35.2 Å². The van der Waals surface area contributed by atoms with E-state index in [0.29, 0.717) is 12.1 Å². The Morgan fingerprint density at radius 2 is 2.00 bits per heavy atom. The Morgan fingerprint density at radius 3 is 2.68 bits per heavy atom. The Morgan fingerprint density at radius 1 is 1.20 bits per heavy atom. The van der Waals surface area contributed by atoms with Crippen molar-refractivity contribution in [3.05, 3.63) is 36.5 Å². The molecule has 0 radical (unpaired) electrons. The largest absolute Gasteiger partial charge is 0.321 e. The van der Waals surface area contributed by atoms with Gasteiger partial charge >= 0.3 is 6.03 Å². The van der Waals surface area contributed by atoms with Gasteiger partial charge in [0, 0.05) is 37.1 Å². The van der Waals surface area contributed by atoms with Gasteiger partial charge in [-0.3, -0.25) is 10.00 Å². The summed E-state index contributed by atoms with van der Waals surface area (Å²) in [6, 6.07) is 10.9. The van der Waals surface area contributed by atoms with E-state index in [9.17, 15) is 4.79 Å². The number of carbonyl (C=O) groups excluding carboxylic acids is 1. The number of urea groups is 1. The highest BCUT2D eigenvalue weighted by Gasteiger charge is 2.37. The minimum atomic E-state index is -0.00444. The molecule has 1 aromatic carbocycles. The number of aromatic amines is 1. The Labute approximate surface area is 148 Å². The molecule has 2 aliphatic heterocycles. The Bertz CT molecular complexity index is 706. The first-order valence-electron chi connectivity index (χ1n) is 9.12. The monoisotopic (exact) mass is 339 g/mol. The van der Waals surface area contributed by atoms with Crippen molar-refractivity contribution in [1.82, 2.24) is 20.0 Å². The van der Waals surface area contributed by atoms with Crippen molar-refractivity contribution in [2.75, 3.05) is 25.0 Å². The zero-order valence-electron chi connectivity index (χ0n) is 14.6. The number of hydrogen-bond donors (Lipinski definition) is 2. The van der Waals surface area contributed by atoms with Crippen LogP contribution < -0.4 is 5.32 Å². The van der Waals surface area contributed by atoms with Gasteiger partial charge in [-0.25, -0.2) is 4.79 Å². The van der Waals surface area contributed by atoms with Crippen LogP contribution in [-0.2, 0) is 0 Å². The first-order chi connectivity index (χ1) is 12.2. The van der Waals surface area contributed by atoms with Crippen molar-refractivity contribution in [3.63, 3.8) is 0 Å². The SMILES string of the molecule is C[C@H]1CCCCN1C1CN(C(=O)Nc2ccc(-c3ccn[nH]3)cc2)C1. The molecular weight excluding hydrogens is 314 g/mol. The van der Waals surface area contributed by atoms with Crippen LogP contribution in [0.2, 0.25) is 0 Å². The summed E-state index contributed by atoms with van der Waals surface area (Å²) in [5.74, 6) is 0. The van der Waals surface area contributed by atoms with Gasteiger partial charge in [0.15, 0.2) is 0 Å². The number of nitrogens with zero attached hydrogens (tertiary/aromatic N) is 3. The van der Waals surface area contributed by atoms with Crippen molar-refractivity contribution in [3.8, 4) is 11.3 Å². The van der Waals surface area contributed by atoms with Crippen LogP contribution in [0.4, 0.5) is 10.5 Å². The third-order valence-corrected chi connectivity index (χ3v) is 5.42. The molecular formula is C19H25N5O. The molecule has 0 saturated carbocycles. The van der Waals surface area contributed by atoms with Gasteiger partial charge in [0.2, 0.25) is 0 Å². The average molecular weight is 339 g/mol. The molecule has 0 unspecified atom stereocenters. The number of aromatic nitrogens is 2. The summed E-state index contributed by atoms with van der Waals surface area (Å²) in [4.78, 5) is 16.9. The average Bonchev–Trinajstić information content (AvgIpc) is 3.10. The van der Waals surface area contributed by atoms with Crippen LogP contribution in [0.5, 0.6) is 0 Å². The molecule has 1 aromatic heterocycles. The lowest BCUT2D eigenvalue weighted by molar-refractivity contribution is 0.0199. The van der Waals surface area contributed by atoms with E-state index in [1.54, 1.807) is 6.20 Å². The normalized spacial score (nSPS) is 21.8. The summed E-state index contributed by atoms with van der Waals surface area (Å²) in [7, 11) is 0. The van der Waals surface area contributed by atoms with Crippen molar-refractivity contribution < 1.29 is 4.79 Å². The fourth-order valence-electron chi connectivity index (χ4n) is 3.85. The predicted octanol–water partition coefficient (Wildman–Crippen LogP) is 3.17. The molecule has 132 valence electrons. The zero-order chi connectivity index (χ0) is 17.2. The highest BCUT2D eigenvalue weighted by molar-refractivity contribution is 5.90. The number of piperidine rings is 1. The fraction of sp³-hybridized carbons (Fsp3) is 0.474. The quantitative estimate of drug-likeness (QED) is 0.903. The number of amides is 2. The molecule has 4 rings (SSSR count). The number of nitrogens with one attached hydrogen (secondary N) is 2. The lowest BCUT2D eigenvalue weighted by atomic mass is 9.98. The van der Waals surface area contributed by atoms with Gasteiger partial charge in [0.1, 0.15) is 0 Å². The molecule has 0 bridgehead atoms. The Hall–Kier alpha value is -2.34. The molecule has 2 N–H and O–H groups in total. The fourth-order valence-corrected chi connectivity index (χ4v) is 3.85. The molecule has 0 aliphatic carbocycles. The number of carbonyl (C=O) groups is 1. The summed E-state index contributed by atoms with van der Waals surface area (Å²) in [6.07, 6.45) is 5.64. The van der Waals surface area contributed by atoms with Crippen LogP contribution in [0, 0.1) is 0 Å². The molecule has 2 aromatic rings. The molecule has 6 nitrogen and oxygen atoms in total. The minimum absolute atomic E-state index is 0.00444. The highest BCUT2D eigenvalue weighted by atomic mass is 16.2. The predicted molar refractivity (Wildman–Crippen MR) is 98.4 cm³/mol. The van der Waals surface area contributed by atoms with Crippen LogP contribution >= 0.6 is 0 Å². The first kappa shape index (κ1) is 16.1. The van der Waals surface area contributed by atoms with E-state index in [4.69, 9.17) is 0 Å². The molecule has 2 amide bonds. The van der Waals surface area contributed by atoms with E-state index in [0.717, 1.165) is 30.0 Å². The summed E-state index contributed by atoms with van der Waals surface area (Å²) in [6.45, 7) is 5.16. The maximum Gasteiger partial charge on any atom is 0.321 e. The van der Waals surface area contributed by atoms with E-state index in [-0.39, 0.29) is 6.03 Å². The van der Waals surface area contributed by atoms with Gasteiger partial charge in [-0.15, -0.1) is 0 Å². The summed E-state index contributed by atoms with van der Waals surface area (Å²) >= 11 is 0. The Balaban J connectivity index is 1.30. The third kappa shape index (κ3) is 3.39. The molecule has 1 atom stereocenters. The van der Waals surface area contributed by atoms with Crippen molar-refractivity contribution in [2.24, 2.45) is 0 Å². The standard InChI is InChI=1S/C19H25N5O/c1-14-4-2-3-11-24(14)17-12-23(13-17)19(25)21-16-7-5-15(6-8-16)18-9-10-20-22-18/h5-10,14,17H,2-4,11-13H2,1H3,(H,20,22)(H,21,25)/t14-/m0/s1. The van der Waals surface area contributed by atoms with Crippen LogP contribution in [0.1, 0.15) is 26.2 Å². The molecule has 3 heterocycles. The van der Waals surface area contributed by atoms with E-state index in [1.165, 1.54) is 25.8 Å². The van der Waals surface area contributed by atoms with Crippen molar-refractivity contribution >= 4 is 11.7 Å². The second-order valence-electron chi connectivity index (χ2n) is 7.12. The van der Waals surface area contributed by atoms with Gasteiger partial charge in [-0.2, -0.15) is 5.10 Å². The lowest BCUT2D eigenvalue weighted by Gasteiger charge is -2.49. The molecule has 2 fully saturated rings. The second kappa shape index (κ2) is 6.88. The number of H-pyrrole nitrogens is 1. The maximum absolute atomic E-state index is 12.4. The number of benzene rings is 1. The van der Waals surface area contributed by atoms with Crippen LogP contribution in [0.3, 0.4) is 0 Å². The smallest absolute Gasteiger partial charge is 0.321 e. The molecule has 0 spiro atoms. The van der Waals surface area contributed by atoms with E-state index in [2.05, 4.69) is 27.3 Å². The molecule has 2 saturated heterocycles. The zero-order valence-corrected chi connectivity index (χ0v) is 14.6. The summed E-state index contributed by atoms with van der Waals surface area (Å²) in [5.41, 5.74) is 2.85.